The van der Waals surface area contributed by atoms with Gasteiger partial charge in [-0.3, -0.25) is 0 Å². The van der Waals surface area contributed by atoms with Crippen LogP contribution in [0.2, 0.25) is 10.0 Å². The molecule has 0 unspecified atom stereocenters. The summed E-state index contributed by atoms with van der Waals surface area (Å²) in [6.07, 6.45) is 2.23. The van der Waals surface area contributed by atoms with Gasteiger partial charge in [-0.15, -0.1) is 0 Å². The van der Waals surface area contributed by atoms with Crippen LogP contribution in [0.5, 0.6) is 0 Å². The first-order valence-electron chi connectivity index (χ1n) is 6.21. The van der Waals surface area contributed by atoms with Gasteiger partial charge in [0.25, 0.3) is 0 Å². The maximum atomic E-state index is 14.4. The van der Waals surface area contributed by atoms with Crippen molar-refractivity contribution in [1.29, 1.82) is 0 Å². The normalized spacial score (nSPS) is 11.3. The molecule has 122 valence electrons. The zero-order valence-corrected chi connectivity index (χ0v) is 14.1. The molecule has 0 saturated carbocycles. The fraction of sp³-hybridized carbons (Fsp3) is 0.214. The summed E-state index contributed by atoms with van der Waals surface area (Å²) < 4.78 is 33.3. The van der Waals surface area contributed by atoms with Gasteiger partial charge in [0.1, 0.15) is 0 Å². The maximum Gasteiger partial charge on any atom is 0.358 e. The Bertz CT molecular complexity index is 732. The summed E-state index contributed by atoms with van der Waals surface area (Å²) in [5, 5.41) is -2.96. The van der Waals surface area contributed by atoms with Crippen molar-refractivity contribution >= 4 is 40.9 Å². The number of hydrogen-bond acceptors (Lipinski definition) is 5. The Kier molecular flexibility index (Phi) is 5.78. The van der Waals surface area contributed by atoms with Crippen molar-refractivity contribution in [3.05, 3.63) is 57.6 Å². The summed E-state index contributed by atoms with van der Waals surface area (Å²) in [4.78, 5) is 18.8. The molecule has 9 heteroatoms. The maximum absolute atomic E-state index is 14.4. The van der Waals surface area contributed by atoms with Crippen LogP contribution >= 0.6 is 35.0 Å². The first-order chi connectivity index (χ1) is 10.9. The Labute approximate surface area is 145 Å². The molecule has 0 spiro atoms. The average Bonchev–Trinajstić information content (AvgIpc) is 2.55. The van der Waals surface area contributed by atoms with Crippen LogP contribution in [0, 0.1) is 0 Å². The van der Waals surface area contributed by atoms with Gasteiger partial charge in [0.15, 0.2) is 11.4 Å². The highest BCUT2D eigenvalue weighted by atomic mass is 35.5. The molecule has 4 nitrogen and oxygen atoms in total. The highest BCUT2D eigenvalue weighted by Gasteiger charge is 2.39. The van der Waals surface area contributed by atoms with Crippen molar-refractivity contribution in [1.82, 2.24) is 9.97 Å². The SMILES string of the molecule is COC(=O)c1nccnc1C(F)(F)SCc1cccc(Cl)c1Cl. The molecule has 1 aromatic carbocycles. The number of carbonyl (C=O) groups is 1. The van der Waals surface area contributed by atoms with E-state index >= 15 is 0 Å². The summed E-state index contributed by atoms with van der Waals surface area (Å²) >= 11 is 12.1. The number of benzene rings is 1. The van der Waals surface area contributed by atoms with Crippen molar-refractivity contribution in [2.24, 2.45) is 0 Å². The molecule has 0 fully saturated rings. The lowest BCUT2D eigenvalue weighted by atomic mass is 10.2. The third-order valence-electron chi connectivity index (χ3n) is 2.79. The lowest BCUT2D eigenvalue weighted by Crippen LogP contribution is -2.19. The number of hydrogen-bond donors (Lipinski definition) is 0. The molecule has 0 aliphatic carbocycles. The Balaban J connectivity index is 2.26. The largest absolute Gasteiger partial charge is 0.464 e. The molecule has 0 amide bonds. The van der Waals surface area contributed by atoms with Gasteiger partial charge >= 0.3 is 11.2 Å². The average molecular weight is 379 g/mol. The molecule has 0 saturated heterocycles. The monoisotopic (exact) mass is 378 g/mol. The third kappa shape index (κ3) is 4.10. The van der Waals surface area contributed by atoms with E-state index in [1.54, 1.807) is 18.2 Å². The van der Waals surface area contributed by atoms with Crippen molar-refractivity contribution in [3.63, 3.8) is 0 Å². The minimum atomic E-state index is -3.45. The molecule has 0 aliphatic heterocycles. The summed E-state index contributed by atoms with van der Waals surface area (Å²) in [6.45, 7) is 0. The fourth-order valence-electron chi connectivity index (χ4n) is 1.69. The first-order valence-corrected chi connectivity index (χ1v) is 7.95. The zero-order chi connectivity index (χ0) is 17.0. The number of esters is 1. The molecule has 0 radical (unpaired) electrons. The fourth-order valence-corrected chi connectivity index (χ4v) is 3.02. The van der Waals surface area contributed by atoms with Crippen molar-refractivity contribution in [2.75, 3.05) is 7.11 Å². The summed E-state index contributed by atoms with van der Waals surface area (Å²) in [7, 11) is 1.08. The smallest absolute Gasteiger partial charge is 0.358 e. The zero-order valence-electron chi connectivity index (χ0n) is 11.7. The van der Waals surface area contributed by atoms with Gasteiger partial charge in [0.05, 0.1) is 17.2 Å². The molecular formula is C14H10Cl2F2N2O2S. The first kappa shape index (κ1) is 17.9. The molecule has 0 bridgehead atoms. The number of rotatable bonds is 5. The van der Waals surface area contributed by atoms with E-state index in [1.165, 1.54) is 0 Å². The number of methoxy groups -OCH3 is 1. The molecule has 1 aromatic heterocycles. The Morgan fingerprint density at radius 3 is 2.70 bits per heavy atom. The number of nitrogens with zero attached hydrogens (tertiary/aromatic N) is 2. The van der Waals surface area contributed by atoms with Crippen LogP contribution < -0.4 is 0 Å². The molecule has 0 atom stereocenters. The van der Waals surface area contributed by atoms with E-state index in [9.17, 15) is 13.6 Å². The lowest BCUT2D eigenvalue weighted by molar-refractivity contribution is 0.0562. The quantitative estimate of drug-likeness (QED) is 0.714. The highest BCUT2D eigenvalue weighted by molar-refractivity contribution is 7.99. The van der Waals surface area contributed by atoms with E-state index in [0.717, 1.165) is 19.5 Å². The Morgan fingerprint density at radius 2 is 2.00 bits per heavy atom. The van der Waals surface area contributed by atoms with E-state index < -0.39 is 22.6 Å². The van der Waals surface area contributed by atoms with E-state index in [2.05, 4.69) is 14.7 Å². The molecular weight excluding hydrogens is 369 g/mol. The van der Waals surface area contributed by atoms with Crippen LogP contribution in [0.15, 0.2) is 30.6 Å². The number of halogens is 4. The van der Waals surface area contributed by atoms with E-state index in [-0.39, 0.29) is 27.6 Å². The number of alkyl halides is 2. The minimum absolute atomic E-state index is 0.121. The van der Waals surface area contributed by atoms with Gasteiger partial charge in [0, 0.05) is 18.1 Å². The molecule has 1 heterocycles. The second-order valence-electron chi connectivity index (χ2n) is 4.26. The molecule has 2 aromatic rings. The van der Waals surface area contributed by atoms with Gasteiger partial charge < -0.3 is 4.74 Å². The number of thioether (sulfide) groups is 1. The molecule has 2 rings (SSSR count). The Morgan fingerprint density at radius 1 is 1.30 bits per heavy atom. The van der Waals surface area contributed by atoms with Crippen LogP contribution in [0.1, 0.15) is 21.7 Å². The lowest BCUT2D eigenvalue weighted by Gasteiger charge is -2.17. The van der Waals surface area contributed by atoms with Crippen LogP contribution in [0.3, 0.4) is 0 Å². The predicted molar refractivity (Wildman–Crippen MR) is 85.0 cm³/mol. The standard InChI is InChI=1S/C14H10Cl2F2N2O2S/c1-22-13(21)11-12(20-6-5-19-11)14(17,18)23-7-8-3-2-4-9(15)10(8)16/h2-6H,7H2,1H3. The molecule has 0 aliphatic rings. The van der Waals surface area contributed by atoms with Gasteiger partial charge in [-0.2, -0.15) is 8.78 Å². The summed E-state index contributed by atoms with van der Waals surface area (Å²) in [5.74, 6) is -1.10. The summed E-state index contributed by atoms with van der Waals surface area (Å²) in [6, 6.07) is 4.77. The third-order valence-corrected chi connectivity index (χ3v) is 4.66. The Hall–Kier alpha value is -1.44. The second kappa shape index (κ2) is 7.42. The number of carbonyl (C=O) groups excluding carboxylic acids is 1. The van der Waals surface area contributed by atoms with Gasteiger partial charge in [-0.05, 0) is 11.6 Å². The second-order valence-corrected chi connectivity index (χ2v) is 6.14. The van der Waals surface area contributed by atoms with Gasteiger partial charge in [-0.1, -0.05) is 47.1 Å². The van der Waals surface area contributed by atoms with E-state index in [0.29, 0.717) is 5.56 Å². The van der Waals surface area contributed by atoms with Crippen molar-refractivity contribution in [3.8, 4) is 0 Å². The van der Waals surface area contributed by atoms with Crippen LogP contribution in [-0.2, 0) is 15.7 Å². The van der Waals surface area contributed by atoms with Crippen LogP contribution in [0.4, 0.5) is 8.78 Å². The van der Waals surface area contributed by atoms with Crippen molar-refractivity contribution in [2.45, 2.75) is 11.0 Å². The van der Waals surface area contributed by atoms with E-state index in [4.69, 9.17) is 23.2 Å². The molecule has 0 N–H and O–H groups in total. The summed E-state index contributed by atoms with van der Waals surface area (Å²) in [5.41, 5.74) is -0.827. The minimum Gasteiger partial charge on any atom is -0.464 e. The van der Waals surface area contributed by atoms with Crippen molar-refractivity contribution < 1.29 is 18.3 Å². The van der Waals surface area contributed by atoms with Crippen LogP contribution in [0.25, 0.3) is 0 Å². The van der Waals surface area contributed by atoms with Gasteiger partial charge in [-0.25, -0.2) is 14.8 Å². The van der Waals surface area contributed by atoms with Gasteiger partial charge in [0.2, 0.25) is 0 Å². The number of ether oxygens (including phenoxy) is 1. The number of aromatic nitrogens is 2. The highest BCUT2D eigenvalue weighted by Crippen LogP contribution is 2.43. The van der Waals surface area contributed by atoms with E-state index in [1.807, 2.05) is 0 Å². The van der Waals surface area contributed by atoms with Crippen LogP contribution in [-0.4, -0.2) is 23.0 Å². The topological polar surface area (TPSA) is 52.1 Å². The predicted octanol–water partition coefficient (Wildman–Crippen LogP) is 4.55. The molecule has 23 heavy (non-hydrogen) atoms.